The molecule has 0 saturated heterocycles. The summed E-state index contributed by atoms with van der Waals surface area (Å²) in [5, 5.41) is 5.74. The molecule has 3 rings (SSSR count). The van der Waals surface area contributed by atoms with E-state index in [4.69, 9.17) is 0 Å². The molecule has 0 atom stereocenters. The van der Waals surface area contributed by atoms with Gasteiger partial charge in [0.15, 0.2) is 5.65 Å². The Bertz CT molecular complexity index is 816. The van der Waals surface area contributed by atoms with Crippen LogP contribution in [-0.2, 0) is 0 Å². The molecule has 18 heavy (non-hydrogen) atoms. The van der Waals surface area contributed by atoms with Crippen LogP contribution < -0.4 is 10.9 Å². The highest BCUT2D eigenvalue weighted by atomic mass is 16.2. The van der Waals surface area contributed by atoms with Crippen molar-refractivity contribution in [2.75, 3.05) is 7.05 Å². The molecule has 0 aliphatic carbocycles. The molecule has 0 aliphatic rings. The summed E-state index contributed by atoms with van der Waals surface area (Å²) >= 11 is 0. The number of carbonyl (C=O) groups is 1. The minimum atomic E-state index is -0.288. The number of benzene rings is 1. The van der Waals surface area contributed by atoms with E-state index in [1.54, 1.807) is 24.3 Å². The van der Waals surface area contributed by atoms with Crippen LogP contribution in [-0.4, -0.2) is 27.6 Å². The summed E-state index contributed by atoms with van der Waals surface area (Å²) in [6, 6.07) is 8.62. The van der Waals surface area contributed by atoms with Gasteiger partial charge in [0.2, 0.25) is 0 Å². The number of rotatable bonds is 1. The van der Waals surface area contributed by atoms with E-state index in [0.717, 1.165) is 0 Å². The number of nitrogens with zero attached hydrogens (tertiary/aromatic N) is 2. The number of para-hydroxylation sites is 1. The Labute approximate surface area is 101 Å². The van der Waals surface area contributed by atoms with Gasteiger partial charge < -0.3 is 5.32 Å². The zero-order valence-electron chi connectivity index (χ0n) is 9.60. The molecule has 0 unspecified atom stereocenters. The first kappa shape index (κ1) is 10.5. The van der Waals surface area contributed by atoms with Crippen LogP contribution in [0.5, 0.6) is 0 Å². The molecule has 90 valence electrons. The summed E-state index contributed by atoms with van der Waals surface area (Å²) in [4.78, 5) is 28.0. The second kappa shape index (κ2) is 3.69. The van der Waals surface area contributed by atoms with Crippen LogP contribution in [0, 0.1) is 0 Å². The predicted molar refractivity (Wildman–Crippen MR) is 66.7 cm³/mol. The molecule has 2 N–H and O–H groups in total. The maximum Gasteiger partial charge on any atom is 0.280 e. The van der Waals surface area contributed by atoms with Crippen LogP contribution in [0.2, 0.25) is 0 Å². The molecule has 1 aromatic carbocycles. The Kier molecular flexibility index (Phi) is 2.16. The van der Waals surface area contributed by atoms with Gasteiger partial charge in [-0.05, 0) is 12.1 Å². The van der Waals surface area contributed by atoms with Gasteiger partial charge in [-0.1, -0.05) is 12.1 Å². The predicted octanol–water partition coefficient (Wildman–Crippen LogP) is 0.535. The third-order valence-corrected chi connectivity index (χ3v) is 2.78. The number of aromatic amines is 1. The van der Waals surface area contributed by atoms with E-state index in [9.17, 15) is 9.59 Å². The van der Waals surface area contributed by atoms with E-state index in [-0.39, 0.29) is 11.5 Å². The van der Waals surface area contributed by atoms with Crippen LogP contribution in [0.25, 0.3) is 16.6 Å². The van der Waals surface area contributed by atoms with Crippen molar-refractivity contribution in [2.24, 2.45) is 0 Å². The standard InChI is InChI=1S/C12H10N4O2/c1-13-11(17)9-6-10-14-8-5-3-2-4-7(8)12(18)16(10)15-9/h2-6,15H,1H3,(H,13,17). The lowest BCUT2D eigenvalue weighted by Crippen LogP contribution is -2.20. The molecule has 0 aliphatic heterocycles. The highest BCUT2D eigenvalue weighted by Gasteiger charge is 2.11. The monoisotopic (exact) mass is 242 g/mol. The van der Waals surface area contributed by atoms with E-state index in [0.29, 0.717) is 22.2 Å². The van der Waals surface area contributed by atoms with Gasteiger partial charge in [0.05, 0.1) is 10.9 Å². The number of fused-ring (bicyclic) bond motifs is 2. The number of H-pyrrole nitrogens is 1. The van der Waals surface area contributed by atoms with E-state index < -0.39 is 0 Å². The van der Waals surface area contributed by atoms with Gasteiger partial charge in [-0.25, -0.2) is 9.50 Å². The van der Waals surface area contributed by atoms with Crippen LogP contribution in [0.4, 0.5) is 0 Å². The number of hydrogen-bond donors (Lipinski definition) is 2. The summed E-state index contributed by atoms with van der Waals surface area (Å²) in [5.41, 5.74) is 1.13. The molecule has 6 heteroatoms. The summed E-state index contributed by atoms with van der Waals surface area (Å²) in [6.07, 6.45) is 0. The van der Waals surface area contributed by atoms with Crippen molar-refractivity contribution in [1.29, 1.82) is 0 Å². The molecule has 3 aromatic rings. The van der Waals surface area contributed by atoms with Crippen molar-refractivity contribution in [3.05, 3.63) is 46.4 Å². The zero-order valence-corrected chi connectivity index (χ0v) is 9.60. The first-order chi connectivity index (χ1) is 8.70. The molecule has 1 amide bonds. The van der Waals surface area contributed by atoms with Gasteiger partial charge >= 0.3 is 0 Å². The molecule has 2 aromatic heterocycles. The van der Waals surface area contributed by atoms with Gasteiger partial charge in [-0.15, -0.1) is 0 Å². The lowest BCUT2D eigenvalue weighted by Gasteiger charge is -1.97. The van der Waals surface area contributed by atoms with Crippen molar-refractivity contribution in [3.63, 3.8) is 0 Å². The van der Waals surface area contributed by atoms with Gasteiger partial charge in [-0.3, -0.25) is 14.7 Å². The molecule has 0 spiro atoms. The number of aromatic nitrogens is 3. The smallest absolute Gasteiger partial charge is 0.280 e. The normalized spacial score (nSPS) is 10.9. The van der Waals surface area contributed by atoms with Crippen LogP contribution in [0.3, 0.4) is 0 Å². The maximum atomic E-state index is 12.2. The minimum Gasteiger partial charge on any atom is -0.354 e. The number of nitrogens with one attached hydrogen (secondary N) is 2. The summed E-state index contributed by atoms with van der Waals surface area (Å²) in [5.74, 6) is -0.288. The molecular weight excluding hydrogens is 232 g/mol. The van der Waals surface area contributed by atoms with Gasteiger partial charge in [0.1, 0.15) is 5.69 Å². The average molecular weight is 242 g/mol. The fourth-order valence-electron chi connectivity index (χ4n) is 1.89. The van der Waals surface area contributed by atoms with E-state index in [2.05, 4.69) is 15.4 Å². The number of hydrogen-bond acceptors (Lipinski definition) is 3. The van der Waals surface area contributed by atoms with Crippen molar-refractivity contribution >= 4 is 22.5 Å². The summed E-state index contributed by atoms with van der Waals surface area (Å²) in [6.45, 7) is 0. The molecular formula is C12H10N4O2. The largest absolute Gasteiger partial charge is 0.354 e. The van der Waals surface area contributed by atoms with Crippen LogP contribution in [0.1, 0.15) is 10.5 Å². The van der Waals surface area contributed by atoms with Gasteiger partial charge in [0, 0.05) is 13.1 Å². The fraction of sp³-hybridized carbons (Fsp3) is 0.0833. The molecule has 6 nitrogen and oxygen atoms in total. The number of carbonyl (C=O) groups excluding carboxylic acids is 1. The van der Waals surface area contributed by atoms with Crippen molar-refractivity contribution in [1.82, 2.24) is 19.9 Å². The van der Waals surface area contributed by atoms with Crippen molar-refractivity contribution in [3.8, 4) is 0 Å². The maximum absolute atomic E-state index is 12.2. The summed E-state index contributed by atoms with van der Waals surface area (Å²) < 4.78 is 1.27. The highest BCUT2D eigenvalue weighted by molar-refractivity contribution is 5.93. The Morgan fingerprint density at radius 1 is 1.39 bits per heavy atom. The van der Waals surface area contributed by atoms with Gasteiger partial charge in [-0.2, -0.15) is 0 Å². The fourth-order valence-corrected chi connectivity index (χ4v) is 1.89. The second-order valence-corrected chi connectivity index (χ2v) is 3.88. The van der Waals surface area contributed by atoms with Crippen LogP contribution in [0.15, 0.2) is 35.1 Å². The lowest BCUT2D eigenvalue weighted by molar-refractivity contribution is 0.0958. The molecule has 0 saturated carbocycles. The molecule has 0 fully saturated rings. The molecule has 2 heterocycles. The Hall–Kier alpha value is -2.63. The van der Waals surface area contributed by atoms with Crippen molar-refractivity contribution in [2.45, 2.75) is 0 Å². The Balaban J connectivity index is 2.40. The van der Waals surface area contributed by atoms with Crippen molar-refractivity contribution < 1.29 is 4.79 Å². The van der Waals surface area contributed by atoms with Crippen LogP contribution >= 0.6 is 0 Å². The third-order valence-electron chi connectivity index (χ3n) is 2.78. The second-order valence-electron chi connectivity index (χ2n) is 3.88. The minimum absolute atomic E-state index is 0.217. The van der Waals surface area contributed by atoms with Gasteiger partial charge in [0.25, 0.3) is 11.5 Å². The topological polar surface area (TPSA) is 79.3 Å². The first-order valence-corrected chi connectivity index (χ1v) is 5.43. The summed E-state index contributed by atoms with van der Waals surface area (Å²) in [7, 11) is 1.53. The van der Waals surface area contributed by atoms with E-state index >= 15 is 0 Å². The van der Waals surface area contributed by atoms with E-state index in [1.165, 1.54) is 11.6 Å². The average Bonchev–Trinajstić information content (AvgIpc) is 2.82. The lowest BCUT2D eigenvalue weighted by atomic mass is 10.2. The SMILES string of the molecule is CNC(=O)c1cc2nc3ccccc3c(=O)n2[nH]1. The Morgan fingerprint density at radius 2 is 2.17 bits per heavy atom. The Morgan fingerprint density at radius 3 is 2.94 bits per heavy atom. The highest BCUT2D eigenvalue weighted by Crippen LogP contribution is 2.09. The number of amides is 1. The molecule has 0 radical (unpaired) electrons. The molecule has 0 bridgehead atoms. The third kappa shape index (κ3) is 1.39. The zero-order chi connectivity index (χ0) is 12.7. The quantitative estimate of drug-likeness (QED) is 0.653. The first-order valence-electron chi connectivity index (χ1n) is 5.43. The van der Waals surface area contributed by atoms with E-state index in [1.807, 2.05) is 6.07 Å².